The van der Waals surface area contributed by atoms with Crippen LogP contribution in [-0.4, -0.2) is 23.6 Å². The third-order valence-corrected chi connectivity index (χ3v) is 3.58. The maximum Gasteiger partial charge on any atom is 0.218 e. The fourth-order valence-electron chi connectivity index (χ4n) is 2.56. The highest BCUT2D eigenvalue weighted by molar-refractivity contribution is 5.50. The van der Waals surface area contributed by atoms with E-state index in [9.17, 15) is 0 Å². The molecule has 104 valence electrons. The van der Waals surface area contributed by atoms with E-state index in [1.165, 1.54) is 11.1 Å². The van der Waals surface area contributed by atoms with Crippen molar-refractivity contribution in [3.8, 4) is 5.88 Å². The van der Waals surface area contributed by atoms with Gasteiger partial charge in [-0.1, -0.05) is 6.07 Å². The first-order valence-electron chi connectivity index (χ1n) is 6.67. The zero-order valence-electron chi connectivity index (χ0n) is 11.8. The number of aromatic nitrogens is 2. The fraction of sp³-hybridized carbons (Fsp3) is 0.333. The number of hydrogen-bond donors (Lipinski definition) is 1. The van der Waals surface area contributed by atoms with E-state index in [1.807, 2.05) is 25.1 Å². The van der Waals surface area contributed by atoms with Crippen LogP contribution in [0.25, 0.3) is 0 Å². The number of fused-ring (bicyclic) bond motifs is 1. The van der Waals surface area contributed by atoms with Gasteiger partial charge in [0.1, 0.15) is 11.6 Å². The average Bonchev–Trinajstić information content (AvgIpc) is 2.45. The van der Waals surface area contributed by atoms with Crippen molar-refractivity contribution in [3.05, 3.63) is 41.2 Å². The van der Waals surface area contributed by atoms with Crippen molar-refractivity contribution in [1.82, 2.24) is 9.97 Å². The van der Waals surface area contributed by atoms with Gasteiger partial charge in [-0.2, -0.15) is 4.98 Å². The number of nitrogens with zero attached hydrogens (tertiary/aromatic N) is 3. The van der Waals surface area contributed by atoms with Crippen molar-refractivity contribution < 1.29 is 4.74 Å². The molecule has 5 nitrogen and oxygen atoms in total. The average molecular weight is 270 g/mol. The number of nitrogens with two attached hydrogens (primary N) is 1. The molecular formula is C15H18N4O. The first-order valence-corrected chi connectivity index (χ1v) is 6.67. The molecule has 2 aromatic rings. The van der Waals surface area contributed by atoms with E-state index in [0.717, 1.165) is 36.8 Å². The van der Waals surface area contributed by atoms with Gasteiger partial charge in [-0.25, -0.2) is 4.98 Å². The molecule has 0 atom stereocenters. The number of ether oxygens (including phenoxy) is 1. The lowest BCUT2D eigenvalue weighted by Gasteiger charge is -2.30. The van der Waals surface area contributed by atoms with Gasteiger partial charge in [0.05, 0.1) is 7.11 Å². The van der Waals surface area contributed by atoms with Crippen LogP contribution in [0, 0.1) is 6.92 Å². The number of nitrogen functional groups attached to an aromatic ring is 1. The van der Waals surface area contributed by atoms with Crippen LogP contribution >= 0.6 is 0 Å². The van der Waals surface area contributed by atoms with E-state index in [4.69, 9.17) is 10.5 Å². The minimum absolute atomic E-state index is 0.603. The Morgan fingerprint density at radius 3 is 2.85 bits per heavy atom. The molecule has 0 bridgehead atoms. The largest absolute Gasteiger partial charge is 0.481 e. The summed E-state index contributed by atoms with van der Waals surface area (Å²) in [5, 5.41) is 0. The molecule has 0 aliphatic carbocycles. The molecule has 2 heterocycles. The lowest BCUT2D eigenvalue weighted by Crippen LogP contribution is -2.31. The lowest BCUT2D eigenvalue weighted by atomic mass is 9.99. The Hall–Kier alpha value is -2.30. The van der Waals surface area contributed by atoms with Crippen molar-refractivity contribution in [1.29, 1.82) is 0 Å². The van der Waals surface area contributed by atoms with Crippen LogP contribution in [0.3, 0.4) is 0 Å². The second-order valence-corrected chi connectivity index (χ2v) is 5.02. The van der Waals surface area contributed by atoms with Crippen LogP contribution in [0.5, 0.6) is 5.88 Å². The highest BCUT2D eigenvalue weighted by atomic mass is 16.5. The number of benzene rings is 1. The number of rotatable bonds is 2. The molecule has 0 unspecified atom stereocenters. The highest BCUT2D eigenvalue weighted by Gasteiger charge is 2.18. The summed E-state index contributed by atoms with van der Waals surface area (Å²) in [6.45, 7) is 3.64. The summed E-state index contributed by atoms with van der Waals surface area (Å²) in [4.78, 5) is 11.0. The predicted octanol–water partition coefficient (Wildman–Crippen LogP) is 1.94. The third-order valence-electron chi connectivity index (χ3n) is 3.58. The van der Waals surface area contributed by atoms with Gasteiger partial charge >= 0.3 is 0 Å². The summed E-state index contributed by atoms with van der Waals surface area (Å²) in [6.07, 6.45) is 1.00. The minimum Gasteiger partial charge on any atom is -0.481 e. The van der Waals surface area contributed by atoms with Gasteiger partial charge in [-0.05, 0) is 36.6 Å². The molecule has 1 aliphatic rings. The Balaban J connectivity index is 1.91. The molecule has 2 N–H and O–H groups in total. The molecule has 20 heavy (non-hydrogen) atoms. The predicted molar refractivity (Wildman–Crippen MR) is 78.9 cm³/mol. The van der Waals surface area contributed by atoms with Gasteiger partial charge in [0.25, 0.3) is 0 Å². The summed E-state index contributed by atoms with van der Waals surface area (Å²) >= 11 is 0. The standard InChI is InChI=1S/C15H18N4O/c1-10-17-14(8-15(18-10)20-2)19-6-5-11-3-4-13(16)7-12(11)9-19/h3-4,7-8H,5-6,9,16H2,1-2H3. The Morgan fingerprint density at radius 1 is 1.20 bits per heavy atom. The second-order valence-electron chi connectivity index (χ2n) is 5.02. The van der Waals surface area contributed by atoms with Crippen LogP contribution in [0.2, 0.25) is 0 Å². The zero-order chi connectivity index (χ0) is 14.1. The number of hydrogen-bond acceptors (Lipinski definition) is 5. The van der Waals surface area contributed by atoms with Crippen LogP contribution in [-0.2, 0) is 13.0 Å². The molecular weight excluding hydrogens is 252 g/mol. The van der Waals surface area contributed by atoms with Gasteiger partial charge in [-0.3, -0.25) is 0 Å². The summed E-state index contributed by atoms with van der Waals surface area (Å²) in [5.41, 5.74) is 9.32. The normalized spacial score (nSPS) is 14.0. The number of aryl methyl sites for hydroxylation is 1. The van der Waals surface area contributed by atoms with Gasteiger partial charge in [-0.15, -0.1) is 0 Å². The smallest absolute Gasteiger partial charge is 0.218 e. The van der Waals surface area contributed by atoms with Crippen LogP contribution < -0.4 is 15.4 Å². The zero-order valence-corrected chi connectivity index (χ0v) is 11.8. The van der Waals surface area contributed by atoms with Crippen LogP contribution in [0.15, 0.2) is 24.3 Å². The van der Waals surface area contributed by atoms with Crippen LogP contribution in [0.1, 0.15) is 17.0 Å². The van der Waals surface area contributed by atoms with E-state index in [0.29, 0.717) is 5.88 Å². The lowest BCUT2D eigenvalue weighted by molar-refractivity contribution is 0.395. The molecule has 0 saturated carbocycles. The van der Waals surface area contributed by atoms with Crippen LogP contribution in [0.4, 0.5) is 11.5 Å². The van der Waals surface area contributed by atoms with Crippen molar-refractivity contribution in [2.24, 2.45) is 0 Å². The Kier molecular flexibility index (Phi) is 3.18. The van der Waals surface area contributed by atoms with E-state index in [-0.39, 0.29) is 0 Å². The quantitative estimate of drug-likeness (QED) is 0.845. The summed E-state index contributed by atoms with van der Waals surface area (Å²) in [6, 6.07) is 8.01. The molecule has 0 radical (unpaired) electrons. The summed E-state index contributed by atoms with van der Waals surface area (Å²) in [5.74, 6) is 2.23. The molecule has 0 spiro atoms. The number of anilines is 2. The van der Waals surface area contributed by atoms with Crippen molar-refractivity contribution in [2.75, 3.05) is 24.3 Å². The molecule has 0 saturated heterocycles. The molecule has 5 heteroatoms. The van der Waals surface area contributed by atoms with E-state index < -0.39 is 0 Å². The second kappa shape index (κ2) is 5.00. The Morgan fingerprint density at radius 2 is 2.05 bits per heavy atom. The van der Waals surface area contributed by atoms with Crippen molar-refractivity contribution >= 4 is 11.5 Å². The molecule has 1 aromatic carbocycles. The topological polar surface area (TPSA) is 64.3 Å². The van der Waals surface area contributed by atoms with E-state index >= 15 is 0 Å². The van der Waals surface area contributed by atoms with Gasteiger partial charge < -0.3 is 15.4 Å². The molecule has 1 aliphatic heterocycles. The monoisotopic (exact) mass is 270 g/mol. The maximum atomic E-state index is 5.87. The van der Waals surface area contributed by atoms with E-state index in [1.54, 1.807) is 7.11 Å². The molecule has 0 amide bonds. The molecule has 1 aromatic heterocycles. The Labute approximate surface area is 118 Å². The highest BCUT2D eigenvalue weighted by Crippen LogP contribution is 2.26. The third kappa shape index (κ3) is 2.39. The van der Waals surface area contributed by atoms with Gasteiger partial charge in [0.2, 0.25) is 5.88 Å². The van der Waals surface area contributed by atoms with Crippen molar-refractivity contribution in [3.63, 3.8) is 0 Å². The SMILES string of the molecule is COc1cc(N2CCc3ccc(N)cc3C2)nc(C)n1. The van der Waals surface area contributed by atoms with E-state index in [2.05, 4.69) is 20.9 Å². The summed E-state index contributed by atoms with van der Waals surface area (Å²) in [7, 11) is 1.62. The molecule has 0 fully saturated rings. The molecule has 3 rings (SSSR count). The minimum atomic E-state index is 0.603. The van der Waals surface area contributed by atoms with Gasteiger partial charge in [0.15, 0.2) is 0 Å². The van der Waals surface area contributed by atoms with Gasteiger partial charge in [0, 0.05) is 24.8 Å². The van der Waals surface area contributed by atoms with Crippen molar-refractivity contribution in [2.45, 2.75) is 19.9 Å². The summed E-state index contributed by atoms with van der Waals surface area (Å²) < 4.78 is 5.22. The maximum absolute atomic E-state index is 5.87. The first-order chi connectivity index (χ1) is 9.65. The first kappa shape index (κ1) is 12.7. The Bertz CT molecular complexity index is 642. The number of methoxy groups -OCH3 is 1. The fourth-order valence-corrected chi connectivity index (χ4v) is 2.56.